The summed E-state index contributed by atoms with van der Waals surface area (Å²) in [5, 5.41) is 12.7. The van der Waals surface area contributed by atoms with Gasteiger partial charge in [0, 0.05) is 17.3 Å². The Labute approximate surface area is 120 Å². The molecule has 1 atom stereocenters. The van der Waals surface area contributed by atoms with Crippen LogP contribution in [0.4, 0.5) is 0 Å². The second-order valence-electron chi connectivity index (χ2n) is 4.43. The predicted octanol–water partition coefficient (Wildman–Crippen LogP) is 2.10. The SMILES string of the molecule is CSCCC(NC(=O)c1ccc2cc[nH]c2c1)C(=O)O. The van der Waals surface area contributed by atoms with Crippen LogP contribution in [0, 0.1) is 0 Å². The summed E-state index contributed by atoms with van der Waals surface area (Å²) in [5.74, 6) is -0.684. The first-order valence-corrected chi connectivity index (χ1v) is 7.61. The van der Waals surface area contributed by atoms with E-state index >= 15 is 0 Å². The molecule has 6 heteroatoms. The number of carbonyl (C=O) groups excluding carboxylic acids is 1. The number of aromatic amines is 1. The molecule has 106 valence electrons. The second-order valence-corrected chi connectivity index (χ2v) is 5.41. The molecule has 0 saturated carbocycles. The van der Waals surface area contributed by atoms with Gasteiger partial charge in [-0.3, -0.25) is 4.79 Å². The van der Waals surface area contributed by atoms with E-state index in [1.807, 2.05) is 18.4 Å². The Morgan fingerprint density at radius 1 is 1.40 bits per heavy atom. The van der Waals surface area contributed by atoms with E-state index in [1.54, 1.807) is 30.1 Å². The first-order valence-electron chi connectivity index (χ1n) is 6.21. The third kappa shape index (κ3) is 3.33. The molecule has 20 heavy (non-hydrogen) atoms. The van der Waals surface area contributed by atoms with Gasteiger partial charge in [-0.1, -0.05) is 6.07 Å². The molecule has 1 heterocycles. The van der Waals surface area contributed by atoms with Crippen LogP contribution in [0.1, 0.15) is 16.8 Å². The van der Waals surface area contributed by atoms with E-state index in [1.165, 1.54) is 0 Å². The number of carboxylic acid groups (broad SMARTS) is 1. The van der Waals surface area contributed by atoms with Crippen LogP contribution in [0.2, 0.25) is 0 Å². The molecule has 1 aromatic heterocycles. The van der Waals surface area contributed by atoms with Crippen molar-refractivity contribution in [2.24, 2.45) is 0 Å². The number of hydrogen-bond acceptors (Lipinski definition) is 3. The minimum absolute atomic E-state index is 0.366. The van der Waals surface area contributed by atoms with E-state index in [0.717, 1.165) is 10.9 Å². The Bertz CT molecular complexity index is 624. The maximum absolute atomic E-state index is 12.1. The Balaban J connectivity index is 2.10. The van der Waals surface area contributed by atoms with Crippen LogP contribution in [0.3, 0.4) is 0 Å². The average Bonchev–Trinajstić information content (AvgIpc) is 2.90. The van der Waals surface area contributed by atoms with Gasteiger partial charge in [0.25, 0.3) is 5.91 Å². The number of hydrogen-bond donors (Lipinski definition) is 3. The lowest BCUT2D eigenvalue weighted by molar-refractivity contribution is -0.139. The van der Waals surface area contributed by atoms with Gasteiger partial charge in [-0.15, -0.1) is 0 Å². The van der Waals surface area contributed by atoms with Gasteiger partial charge in [0.05, 0.1) is 0 Å². The van der Waals surface area contributed by atoms with Crippen LogP contribution in [0.25, 0.3) is 10.9 Å². The fourth-order valence-corrected chi connectivity index (χ4v) is 2.40. The molecular formula is C14H16N2O3S. The molecule has 0 aliphatic carbocycles. The molecule has 0 fully saturated rings. The quantitative estimate of drug-likeness (QED) is 0.761. The molecule has 1 amide bonds. The lowest BCUT2D eigenvalue weighted by Crippen LogP contribution is -2.41. The molecule has 0 saturated heterocycles. The normalized spacial score (nSPS) is 12.2. The number of nitrogens with one attached hydrogen (secondary N) is 2. The average molecular weight is 292 g/mol. The molecule has 0 bridgehead atoms. The highest BCUT2D eigenvalue weighted by atomic mass is 32.2. The molecule has 1 aromatic carbocycles. The van der Waals surface area contributed by atoms with Crippen molar-refractivity contribution in [3.05, 3.63) is 36.0 Å². The van der Waals surface area contributed by atoms with Crippen molar-refractivity contribution in [1.29, 1.82) is 0 Å². The van der Waals surface area contributed by atoms with E-state index in [0.29, 0.717) is 17.7 Å². The van der Waals surface area contributed by atoms with Gasteiger partial charge in [0.2, 0.25) is 0 Å². The highest BCUT2D eigenvalue weighted by molar-refractivity contribution is 7.98. The zero-order chi connectivity index (χ0) is 14.5. The van der Waals surface area contributed by atoms with Gasteiger partial charge in [0.1, 0.15) is 6.04 Å². The zero-order valence-corrected chi connectivity index (χ0v) is 11.9. The number of amides is 1. The number of carboxylic acids is 1. The minimum atomic E-state index is -1.01. The van der Waals surface area contributed by atoms with Crippen molar-refractivity contribution in [3.63, 3.8) is 0 Å². The van der Waals surface area contributed by atoms with Crippen LogP contribution in [-0.2, 0) is 4.79 Å². The number of aliphatic carboxylic acids is 1. The van der Waals surface area contributed by atoms with Crippen molar-refractivity contribution < 1.29 is 14.7 Å². The Hall–Kier alpha value is -1.95. The largest absolute Gasteiger partial charge is 0.480 e. The summed E-state index contributed by atoms with van der Waals surface area (Å²) in [5.41, 5.74) is 1.31. The smallest absolute Gasteiger partial charge is 0.326 e. The number of benzene rings is 1. The number of H-pyrrole nitrogens is 1. The fraction of sp³-hybridized carbons (Fsp3) is 0.286. The van der Waals surface area contributed by atoms with E-state index in [4.69, 9.17) is 5.11 Å². The molecule has 5 nitrogen and oxygen atoms in total. The van der Waals surface area contributed by atoms with Crippen LogP contribution < -0.4 is 5.32 Å². The summed E-state index contributed by atoms with van der Waals surface area (Å²) >= 11 is 1.55. The van der Waals surface area contributed by atoms with Crippen LogP contribution in [0.5, 0.6) is 0 Å². The lowest BCUT2D eigenvalue weighted by Gasteiger charge is -2.14. The molecular weight excluding hydrogens is 276 g/mol. The van der Waals surface area contributed by atoms with Crippen molar-refractivity contribution in [2.45, 2.75) is 12.5 Å². The summed E-state index contributed by atoms with van der Waals surface area (Å²) < 4.78 is 0. The summed E-state index contributed by atoms with van der Waals surface area (Å²) in [7, 11) is 0. The van der Waals surface area contributed by atoms with Crippen LogP contribution >= 0.6 is 11.8 Å². The summed E-state index contributed by atoms with van der Waals surface area (Å²) in [4.78, 5) is 26.2. The third-order valence-electron chi connectivity index (χ3n) is 3.03. The fourth-order valence-electron chi connectivity index (χ4n) is 1.92. The Kier molecular flexibility index (Phi) is 4.68. The molecule has 1 unspecified atom stereocenters. The van der Waals surface area contributed by atoms with Crippen molar-refractivity contribution in [1.82, 2.24) is 10.3 Å². The van der Waals surface area contributed by atoms with Gasteiger partial charge >= 0.3 is 5.97 Å². The Morgan fingerprint density at radius 2 is 2.20 bits per heavy atom. The van der Waals surface area contributed by atoms with Crippen LogP contribution in [-0.4, -0.2) is 40.0 Å². The van der Waals surface area contributed by atoms with Gasteiger partial charge in [-0.2, -0.15) is 11.8 Å². The molecule has 0 radical (unpaired) electrons. The topological polar surface area (TPSA) is 82.2 Å². The monoisotopic (exact) mass is 292 g/mol. The summed E-state index contributed by atoms with van der Waals surface area (Å²) in [6, 6.07) is 6.31. The maximum Gasteiger partial charge on any atom is 0.326 e. The molecule has 0 aliphatic heterocycles. The van der Waals surface area contributed by atoms with Gasteiger partial charge < -0.3 is 15.4 Å². The number of fused-ring (bicyclic) bond motifs is 1. The van der Waals surface area contributed by atoms with E-state index in [-0.39, 0.29) is 5.91 Å². The van der Waals surface area contributed by atoms with Crippen molar-refractivity contribution >= 4 is 34.5 Å². The highest BCUT2D eigenvalue weighted by Gasteiger charge is 2.20. The number of aromatic nitrogens is 1. The first-order chi connectivity index (χ1) is 9.61. The third-order valence-corrected chi connectivity index (χ3v) is 3.68. The minimum Gasteiger partial charge on any atom is -0.480 e. The first kappa shape index (κ1) is 14.5. The molecule has 0 aliphatic rings. The number of carbonyl (C=O) groups is 2. The Morgan fingerprint density at radius 3 is 2.90 bits per heavy atom. The lowest BCUT2D eigenvalue weighted by atomic mass is 10.1. The zero-order valence-electron chi connectivity index (χ0n) is 11.1. The predicted molar refractivity (Wildman–Crippen MR) is 80.2 cm³/mol. The second kappa shape index (κ2) is 6.47. The molecule has 2 aromatic rings. The standard InChI is InChI=1S/C14H16N2O3S/c1-20-7-5-11(14(18)19)16-13(17)10-3-2-9-4-6-15-12(9)8-10/h2-4,6,8,11,15H,5,7H2,1H3,(H,16,17)(H,18,19). The van der Waals surface area contributed by atoms with E-state index < -0.39 is 12.0 Å². The molecule has 0 spiro atoms. The maximum atomic E-state index is 12.1. The van der Waals surface area contributed by atoms with E-state index in [9.17, 15) is 9.59 Å². The summed E-state index contributed by atoms with van der Waals surface area (Å²) in [6.45, 7) is 0. The molecule has 2 rings (SSSR count). The summed E-state index contributed by atoms with van der Waals surface area (Å²) in [6.07, 6.45) is 4.11. The van der Waals surface area contributed by atoms with Gasteiger partial charge in [-0.25, -0.2) is 4.79 Å². The van der Waals surface area contributed by atoms with Crippen molar-refractivity contribution in [3.8, 4) is 0 Å². The van der Waals surface area contributed by atoms with E-state index in [2.05, 4.69) is 10.3 Å². The highest BCUT2D eigenvalue weighted by Crippen LogP contribution is 2.14. The van der Waals surface area contributed by atoms with Crippen LogP contribution in [0.15, 0.2) is 30.5 Å². The van der Waals surface area contributed by atoms with Crippen molar-refractivity contribution in [2.75, 3.05) is 12.0 Å². The molecule has 3 N–H and O–H groups in total. The number of thioether (sulfide) groups is 1. The number of rotatable bonds is 6. The van der Waals surface area contributed by atoms with Gasteiger partial charge in [-0.05, 0) is 42.0 Å². The van der Waals surface area contributed by atoms with Gasteiger partial charge in [0.15, 0.2) is 0 Å².